The fourth-order valence-electron chi connectivity index (χ4n) is 5.17. The van der Waals surface area contributed by atoms with Gasteiger partial charge in [-0.1, -0.05) is 66.2 Å². The van der Waals surface area contributed by atoms with Crippen LogP contribution in [0.3, 0.4) is 0 Å². The van der Waals surface area contributed by atoms with Crippen molar-refractivity contribution in [2.75, 3.05) is 39.2 Å². The topological polar surface area (TPSA) is 114 Å². The Hall–Kier alpha value is -4.74. The third-order valence-corrected chi connectivity index (χ3v) is 9.74. The van der Waals surface area contributed by atoms with Crippen molar-refractivity contribution in [1.82, 2.24) is 10.2 Å². The molecular formula is C35H38ClN3O7S. The van der Waals surface area contributed by atoms with E-state index in [2.05, 4.69) is 5.32 Å². The van der Waals surface area contributed by atoms with Crippen LogP contribution in [0.5, 0.6) is 17.2 Å². The molecule has 0 radical (unpaired) electrons. The summed E-state index contributed by atoms with van der Waals surface area (Å²) < 4.78 is 46.1. The van der Waals surface area contributed by atoms with Crippen LogP contribution in [0.2, 0.25) is 5.02 Å². The summed E-state index contributed by atoms with van der Waals surface area (Å²) in [6, 6.07) is 24.5. The first-order chi connectivity index (χ1) is 22.5. The lowest BCUT2D eigenvalue weighted by Gasteiger charge is -2.34. The number of carbonyl (C=O) groups is 2. The molecule has 4 aromatic rings. The van der Waals surface area contributed by atoms with Gasteiger partial charge < -0.3 is 24.4 Å². The van der Waals surface area contributed by atoms with Crippen molar-refractivity contribution >= 4 is 39.1 Å². The largest absolute Gasteiger partial charge is 0.495 e. The summed E-state index contributed by atoms with van der Waals surface area (Å²) in [4.78, 5) is 29.3. The summed E-state index contributed by atoms with van der Waals surface area (Å²) in [6.07, 6.45) is 0.195. The van der Waals surface area contributed by atoms with E-state index in [9.17, 15) is 18.0 Å². The van der Waals surface area contributed by atoms with Crippen LogP contribution in [0.15, 0.2) is 95.9 Å². The van der Waals surface area contributed by atoms with Gasteiger partial charge in [0.15, 0.2) is 11.5 Å². The van der Waals surface area contributed by atoms with Crippen molar-refractivity contribution in [3.63, 3.8) is 0 Å². The number of ether oxygens (including phenoxy) is 3. The fourth-order valence-corrected chi connectivity index (χ4v) is 6.77. The minimum atomic E-state index is -4.47. The maximum Gasteiger partial charge on any atom is 0.265 e. The number of carbonyl (C=O) groups excluding carboxylic acids is 2. The molecule has 4 rings (SSSR count). The van der Waals surface area contributed by atoms with E-state index in [-0.39, 0.29) is 40.1 Å². The van der Waals surface area contributed by atoms with E-state index < -0.39 is 34.4 Å². The highest BCUT2D eigenvalue weighted by Gasteiger charge is 2.36. The number of hydrogen-bond donors (Lipinski definition) is 1. The molecule has 12 heteroatoms. The normalized spacial score (nSPS) is 11.7. The lowest BCUT2D eigenvalue weighted by Crippen LogP contribution is -2.53. The third-order valence-electron chi connectivity index (χ3n) is 7.75. The molecule has 248 valence electrons. The summed E-state index contributed by atoms with van der Waals surface area (Å²) in [6.45, 7) is 1.28. The van der Waals surface area contributed by atoms with E-state index in [0.29, 0.717) is 5.75 Å². The Labute approximate surface area is 280 Å². The lowest BCUT2D eigenvalue weighted by atomic mass is 10.0. The number of hydrogen-bond acceptors (Lipinski definition) is 7. The molecule has 47 heavy (non-hydrogen) atoms. The van der Waals surface area contributed by atoms with Gasteiger partial charge in [0.2, 0.25) is 11.8 Å². The Morgan fingerprint density at radius 2 is 1.47 bits per heavy atom. The van der Waals surface area contributed by atoms with Crippen LogP contribution in [0.4, 0.5) is 5.69 Å². The second kappa shape index (κ2) is 15.7. The average molecular weight is 680 g/mol. The minimum absolute atomic E-state index is 0.0403. The lowest BCUT2D eigenvalue weighted by molar-refractivity contribution is -0.139. The van der Waals surface area contributed by atoms with Gasteiger partial charge in [-0.15, -0.1) is 0 Å². The van der Waals surface area contributed by atoms with Gasteiger partial charge >= 0.3 is 0 Å². The Bertz CT molecular complexity index is 1820. The molecule has 0 spiro atoms. The molecule has 0 aromatic heterocycles. The van der Waals surface area contributed by atoms with Gasteiger partial charge in [-0.05, 0) is 53.9 Å². The second-order valence-electron chi connectivity index (χ2n) is 10.6. The summed E-state index contributed by atoms with van der Waals surface area (Å²) >= 11 is 6.36. The molecular weight excluding hydrogens is 642 g/mol. The molecule has 2 amide bonds. The predicted molar refractivity (Wildman–Crippen MR) is 182 cm³/mol. The van der Waals surface area contributed by atoms with Crippen molar-refractivity contribution in [2.45, 2.75) is 30.8 Å². The fraction of sp³-hybridized carbons (Fsp3) is 0.257. The van der Waals surface area contributed by atoms with Gasteiger partial charge in [0.25, 0.3) is 10.0 Å². The number of aryl methyl sites for hydroxylation is 1. The first kappa shape index (κ1) is 35.1. The zero-order valence-electron chi connectivity index (χ0n) is 26.9. The van der Waals surface area contributed by atoms with Gasteiger partial charge in [-0.3, -0.25) is 13.9 Å². The number of methoxy groups -OCH3 is 3. The zero-order chi connectivity index (χ0) is 34.1. The van der Waals surface area contributed by atoms with E-state index in [1.54, 1.807) is 6.07 Å². The maximum absolute atomic E-state index is 14.6. The minimum Gasteiger partial charge on any atom is -0.495 e. The molecule has 0 aliphatic rings. The molecule has 0 aliphatic heterocycles. The van der Waals surface area contributed by atoms with Gasteiger partial charge in [0, 0.05) is 31.1 Å². The second-order valence-corrected chi connectivity index (χ2v) is 12.9. The zero-order valence-corrected chi connectivity index (χ0v) is 28.5. The predicted octanol–water partition coefficient (Wildman–Crippen LogP) is 5.26. The van der Waals surface area contributed by atoms with Crippen molar-refractivity contribution in [3.05, 3.63) is 113 Å². The number of rotatable bonds is 14. The number of halogens is 1. The standard InChI is InChI=1S/C35H38ClN3O7S/c1-24-11-9-10-14-26(24)22-38(30(35(41)37-2)19-25-12-7-6-8-13-25)34(40)23-39(29-20-27(36)15-17-31(29)44-3)47(42,43)28-16-18-32(45-4)33(21-28)46-5/h6-18,20-21,30H,19,22-23H2,1-5H3,(H,37,41). The Balaban J connectivity index is 1.87. The van der Waals surface area contributed by atoms with Gasteiger partial charge in [0.05, 0.1) is 31.9 Å². The molecule has 1 unspecified atom stereocenters. The number of sulfonamides is 1. The summed E-state index contributed by atoms with van der Waals surface area (Å²) in [5, 5.41) is 2.91. The maximum atomic E-state index is 14.6. The Morgan fingerprint density at radius 1 is 0.830 bits per heavy atom. The molecule has 10 nitrogen and oxygen atoms in total. The molecule has 1 N–H and O–H groups in total. The number of benzene rings is 4. The van der Waals surface area contributed by atoms with Crippen LogP contribution in [-0.2, 0) is 32.6 Å². The Kier molecular flexibility index (Phi) is 11.7. The molecule has 0 saturated carbocycles. The number of nitrogens with zero attached hydrogens (tertiary/aromatic N) is 2. The highest BCUT2D eigenvalue weighted by molar-refractivity contribution is 7.92. The van der Waals surface area contributed by atoms with Crippen LogP contribution < -0.4 is 23.8 Å². The molecule has 4 aromatic carbocycles. The summed E-state index contributed by atoms with van der Waals surface area (Å²) in [5.74, 6) is -0.340. The highest BCUT2D eigenvalue weighted by Crippen LogP contribution is 2.37. The number of amides is 2. The van der Waals surface area contributed by atoms with Gasteiger partial charge in [0.1, 0.15) is 18.3 Å². The molecule has 0 bridgehead atoms. The van der Waals surface area contributed by atoms with Gasteiger partial charge in [-0.25, -0.2) is 8.42 Å². The third kappa shape index (κ3) is 8.16. The Morgan fingerprint density at radius 3 is 2.11 bits per heavy atom. The van der Waals surface area contributed by atoms with E-state index >= 15 is 0 Å². The first-order valence-corrected chi connectivity index (χ1v) is 16.5. The van der Waals surface area contributed by atoms with E-state index in [4.69, 9.17) is 25.8 Å². The number of anilines is 1. The van der Waals surface area contributed by atoms with Gasteiger partial charge in [-0.2, -0.15) is 0 Å². The van der Waals surface area contributed by atoms with Crippen molar-refractivity contribution in [3.8, 4) is 17.2 Å². The first-order valence-electron chi connectivity index (χ1n) is 14.7. The highest BCUT2D eigenvalue weighted by atomic mass is 35.5. The van der Waals surface area contributed by atoms with Crippen molar-refractivity contribution < 1.29 is 32.2 Å². The molecule has 0 saturated heterocycles. The van der Waals surface area contributed by atoms with E-state index in [0.717, 1.165) is 21.0 Å². The van der Waals surface area contributed by atoms with Crippen molar-refractivity contribution in [2.24, 2.45) is 0 Å². The van der Waals surface area contributed by atoms with Crippen LogP contribution >= 0.6 is 11.6 Å². The van der Waals surface area contributed by atoms with E-state index in [1.165, 1.54) is 63.6 Å². The van der Waals surface area contributed by atoms with Crippen LogP contribution in [0, 0.1) is 6.92 Å². The van der Waals surface area contributed by atoms with Crippen LogP contribution in [0.1, 0.15) is 16.7 Å². The number of nitrogens with one attached hydrogen (secondary N) is 1. The number of likely N-dealkylation sites (N-methyl/N-ethyl adjacent to an activating group) is 1. The summed E-state index contributed by atoms with van der Waals surface area (Å²) in [7, 11) is 1.26. The monoisotopic (exact) mass is 679 g/mol. The SMILES string of the molecule is CNC(=O)C(Cc1ccccc1)N(Cc1ccccc1C)C(=O)CN(c1cc(Cl)ccc1OC)S(=O)(=O)c1ccc(OC)c(OC)c1. The average Bonchev–Trinajstić information content (AvgIpc) is 3.08. The smallest absolute Gasteiger partial charge is 0.265 e. The van der Waals surface area contributed by atoms with Crippen LogP contribution in [0.25, 0.3) is 0 Å². The quantitative estimate of drug-likeness (QED) is 0.194. The van der Waals surface area contributed by atoms with Crippen LogP contribution in [-0.4, -0.2) is 66.1 Å². The molecule has 0 aliphatic carbocycles. The molecule has 0 heterocycles. The molecule has 0 fully saturated rings. The van der Waals surface area contributed by atoms with E-state index in [1.807, 2.05) is 61.5 Å². The van der Waals surface area contributed by atoms with Crippen molar-refractivity contribution in [1.29, 1.82) is 0 Å². The summed E-state index contributed by atoms with van der Waals surface area (Å²) in [5.41, 5.74) is 2.58. The molecule has 1 atom stereocenters.